The minimum Gasteiger partial charge on any atom is -0.361 e. The molecule has 0 bridgehead atoms. The number of rotatable bonds is 11. The molecular formula is C39H46ClN5O5S. The zero-order chi connectivity index (χ0) is 36.3. The third kappa shape index (κ3) is 8.65. The highest BCUT2D eigenvalue weighted by molar-refractivity contribution is 7.90. The Morgan fingerprint density at radius 2 is 1.73 bits per heavy atom. The zero-order valence-electron chi connectivity index (χ0n) is 29.4. The second-order valence-electron chi connectivity index (χ2n) is 14.3. The van der Waals surface area contributed by atoms with E-state index in [1.54, 1.807) is 23.1 Å². The largest absolute Gasteiger partial charge is 0.361 e. The van der Waals surface area contributed by atoms with Crippen LogP contribution in [0.5, 0.6) is 0 Å². The number of benzene rings is 3. The number of hydrogen-bond acceptors (Lipinski definition) is 6. The number of H-pyrrole nitrogens is 1. The van der Waals surface area contributed by atoms with E-state index in [-0.39, 0.29) is 46.4 Å². The highest BCUT2D eigenvalue weighted by Gasteiger charge is 2.34. The average Bonchev–Trinajstić information content (AvgIpc) is 3.51. The van der Waals surface area contributed by atoms with Crippen LogP contribution in [0.3, 0.4) is 0 Å². The molecule has 1 saturated heterocycles. The number of carbonyl (C=O) groups is 3. The normalized spacial score (nSPS) is 17.4. The topological polar surface area (TPSA) is 123 Å². The second-order valence-corrected chi connectivity index (χ2v) is 16.7. The van der Waals surface area contributed by atoms with Crippen molar-refractivity contribution in [2.24, 2.45) is 11.8 Å². The predicted molar refractivity (Wildman–Crippen MR) is 201 cm³/mol. The summed E-state index contributed by atoms with van der Waals surface area (Å²) in [6.07, 6.45) is 6.46. The number of piperidine rings is 1. The number of para-hydroxylation sites is 1. The Kier molecular flexibility index (Phi) is 11.2. The molecule has 4 aromatic rings. The molecule has 3 heterocycles. The van der Waals surface area contributed by atoms with Gasteiger partial charge in [-0.2, -0.15) is 0 Å². The van der Waals surface area contributed by atoms with Gasteiger partial charge in [0.15, 0.2) is 9.84 Å². The number of amides is 3. The third-order valence-electron chi connectivity index (χ3n) is 10.1. The van der Waals surface area contributed by atoms with Crippen molar-refractivity contribution < 1.29 is 22.8 Å². The molecule has 0 spiro atoms. The number of likely N-dealkylation sites (tertiary alicyclic amines) is 1. The van der Waals surface area contributed by atoms with Gasteiger partial charge in [0.1, 0.15) is 6.04 Å². The lowest BCUT2D eigenvalue weighted by molar-refractivity contribution is -0.127. The van der Waals surface area contributed by atoms with Crippen LogP contribution in [0.4, 0.5) is 5.69 Å². The lowest BCUT2D eigenvalue weighted by Gasteiger charge is -2.37. The molecule has 6 rings (SSSR count). The minimum atomic E-state index is -3.55. The Hall–Kier alpha value is -4.19. The summed E-state index contributed by atoms with van der Waals surface area (Å²) in [7, 11) is 0.505. The first-order valence-electron chi connectivity index (χ1n) is 17.5. The molecule has 0 saturated carbocycles. The van der Waals surface area contributed by atoms with Gasteiger partial charge in [0.05, 0.1) is 10.5 Å². The number of fused-ring (bicyclic) bond motifs is 2. The summed E-state index contributed by atoms with van der Waals surface area (Å²) in [5.74, 6) is -0.204. The van der Waals surface area contributed by atoms with Gasteiger partial charge in [0, 0.05) is 73.1 Å². The molecule has 10 nitrogen and oxygen atoms in total. The SMILES string of the molecule is CN(C)C[C@@H]1Cc2cc(Cl)ccc2N(C(=O)[C@@H](Cc2c[nH]c3ccccc23)NC(=O)CCC2CCN(C(=O)c3ccccc3S(C)(=O)=O)CC2)C1. The molecule has 2 N–H and O–H groups in total. The number of aromatic nitrogens is 1. The van der Waals surface area contributed by atoms with Crippen molar-refractivity contribution in [1.82, 2.24) is 20.1 Å². The molecule has 1 aromatic heterocycles. The van der Waals surface area contributed by atoms with Gasteiger partial charge in [0.2, 0.25) is 11.8 Å². The molecule has 3 aromatic carbocycles. The van der Waals surface area contributed by atoms with Gasteiger partial charge in [-0.05, 0) is 99.1 Å². The molecule has 0 radical (unpaired) electrons. The van der Waals surface area contributed by atoms with Crippen LogP contribution in [0.25, 0.3) is 10.9 Å². The summed E-state index contributed by atoms with van der Waals surface area (Å²) in [6.45, 7) is 2.32. The smallest absolute Gasteiger partial charge is 0.255 e. The van der Waals surface area contributed by atoms with Crippen LogP contribution in [0.2, 0.25) is 5.02 Å². The number of aromatic amines is 1. The molecule has 270 valence electrons. The quantitative estimate of drug-likeness (QED) is 0.215. The van der Waals surface area contributed by atoms with E-state index in [0.29, 0.717) is 50.3 Å². The Bertz CT molecular complexity index is 2020. The molecule has 12 heteroatoms. The van der Waals surface area contributed by atoms with Crippen molar-refractivity contribution in [3.63, 3.8) is 0 Å². The number of nitrogens with one attached hydrogen (secondary N) is 2. The molecule has 2 atom stereocenters. The van der Waals surface area contributed by atoms with Crippen molar-refractivity contribution in [2.75, 3.05) is 51.4 Å². The Morgan fingerprint density at radius 1 is 1.00 bits per heavy atom. The summed E-state index contributed by atoms with van der Waals surface area (Å²) >= 11 is 6.40. The summed E-state index contributed by atoms with van der Waals surface area (Å²) in [5.41, 5.74) is 3.97. The third-order valence-corrected chi connectivity index (χ3v) is 11.5. The number of hydrogen-bond donors (Lipinski definition) is 2. The van der Waals surface area contributed by atoms with E-state index in [9.17, 15) is 22.8 Å². The Labute approximate surface area is 305 Å². The lowest BCUT2D eigenvalue weighted by atomic mass is 9.90. The first-order valence-corrected chi connectivity index (χ1v) is 19.8. The van der Waals surface area contributed by atoms with Crippen LogP contribution in [-0.2, 0) is 32.3 Å². The number of nitrogens with zero attached hydrogens (tertiary/aromatic N) is 3. The number of sulfone groups is 1. The van der Waals surface area contributed by atoms with Gasteiger partial charge < -0.3 is 25.0 Å². The highest BCUT2D eigenvalue weighted by atomic mass is 35.5. The number of carbonyl (C=O) groups excluding carboxylic acids is 3. The summed E-state index contributed by atoms with van der Waals surface area (Å²) in [5, 5.41) is 4.77. The average molecular weight is 732 g/mol. The zero-order valence-corrected chi connectivity index (χ0v) is 31.0. The number of anilines is 1. The van der Waals surface area contributed by atoms with Crippen molar-refractivity contribution in [3.8, 4) is 0 Å². The standard InChI is InChI=1S/C39H46ClN5O5S/c1-43(2)24-27-20-28-21-30(40)13-14-35(28)45(25-27)39(48)34(22-29-23-41-33-10-6-4-8-31(29)33)42-37(46)15-12-26-16-18-44(19-17-26)38(47)32-9-5-7-11-36(32)51(3,49)50/h4-11,13-14,21,23,26-27,34,41H,12,15-20,22,24-25H2,1-3H3,(H,42,46)/t27-,34+/m0/s1. The van der Waals surface area contributed by atoms with E-state index in [1.807, 2.05) is 67.7 Å². The highest BCUT2D eigenvalue weighted by Crippen LogP contribution is 2.33. The van der Waals surface area contributed by atoms with E-state index in [1.165, 1.54) is 6.07 Å². The summed E-state index contributed by atoms with van der Waals surface area (Å²) in [6, 6.07) is 19.1. The van der Waals surface area contributed by atoms with E-state index >= 15 is 0 Å². The Morgan fingerprint density at radius 3 is 2.47 bits per heavy atom. The fraction of sp³-hybridized carbons (Fsp3) is 0.410. The van der Waals surface area contributed by atoms with E-state index in [4.69, 9.17) is 11.6 Å². The van der Waals surface area contributed by atoms with Crippen LogP contribution in [0, 0.1) is 11.8 Å². The molecule has 2 aliphatic heterocycles. The molecular weight excluding hydrogens is 686 g/mol. The lowest BCUT2D eigenvalue weighted by Crippen LogP contribution is -2.53. The van der Waals surface area contributed by atoms with Crippen molar-refractivity contribution in [3.05, 3.63) is 94.6 Å². The maximum Gasteiger partial charge on any atom is 0.255 e. The molecule has 0 aliphatic carbocycles. The fourth-order valence-corrected chi connectivity index (χ4v) is 8.71. The second kappa shape index (κ2) is 15.6. The summed E-state index contributed by atoms with van der Waals surface area (Å²) in [4.78, 5) is 50.5. The number of halogens is 1. The maximum absolute atomic E-state index is 14.6. The van der Waals surface area contributed by atoms with Crippen molar-refractivity contribution >= 4 is 55.8 Å². The van der Waals surface area contributed by atoms with E-state index in [2.05, 4.69) is 15.2 Å². The minimum absolute atomic E-state index is 0.0376. The molecule has 0 unspecified atom stereocenters. The van der Waals surface area contributed by atoms with Crippen LogP contribution in [0.1, 0.15) is 47.2 Å². The molecule has 3 amide bonds. The predicted octanol–water partition coefficient (Wildman–Crippen LogP) is 5.35. The molecule has 51 heavy (non-hydrogen) atoms. The van der Waals surface area contributed by atoms with Gasteiger partial charge in [-0.1, -0.05) is 41.9 Å². The van der Waals surface area contributed by atoms with Gasteiger partial charge in [0.25, 0.3) is 5.91 Å². The van der Waals surface area contributed by atoms with Crippen LogP contribution >= 0.6 is 11.6 Å². The van der Waals surface area contributed by atoms with Gasteiger partial charge in [-0.3, -0.25) is 14.4 Å². The van der Waals surface area contributed by atoms with Crippen LogP contribution in [0.15, 0.2) is 77.8 Å². The molecule has 1 fully saturated rings. The van der Waals surface area contributed by atoms with Gasteiger partial charge >= 0.3 is 0 Å². The first kappa shape index (κ1) is 36.6. The maximum atomic E-state index is 14.6. The summed E-state index contributed by atoms with van der Waals surface area (Å²) < 4.78 is 24.6. The van der Waals surface area contributed by atoms with Gasteiger partial charge in [-0.25, -0.2) is 8.42 Å². The van der Waals surface area contributed by atoms with E-state index < -0.39 is 15.9 Å². The van der Waals surface area contributed by atoms with Crippen molar-refractivity contribution in [1.29, 1.82) is 0 Å². The fourth-order valence-electron chi connectivity index (χ4n) is 7.63. The Balaban J connectivity index is 1.14. The van der Waals surface area contributed by atoms with E-state index in [0.717, 1.165) is 46.9 Å². The van der Waals surface area contributed by atoms with Crippen LogP contribution < -0.4 is 10.2 Å². The van der Waals surface area contributed by atoms with Crippen LogP contribution in [-0.4, -0.2) is 93.5 Å². The van der Waals surface area contributed by atoms with Crippen molar-refractivity contribution in [2.45, 2.75) is 49.5 Å². The first-order chi connectivity index (χ1) is 24.4. The monoisotopic (exact) mass is 731 g/mol. The molecule has 2 aliphatic rings. The van der Waals surface area contributed by atoms with Gasteiger partial charge in [-0.15, -0.1) is 0 Å².